The third-order valence-corrected chi connectivity index (χ3v) is 5.09. The number of benzene rings is 1. The van der Waals surface area contributed by atoms with Crippen LogP contribution in [0.1, 0.15) is 11.3 Å². The molecule has 5 rings (SSSR count). The van der Waals surface area contributed by atoms with Gasteiger partial charge in [0.1, 0.15) is 12.2 Å². The minimum Gasteiger partial charge on any atom is -0.275 e. The van der Waals surface area contributed by atoms with Crippen molar-refractivity contribution in [2.24, 2.45) is 0 Å². The molecule has 0 amide bonds. The summed E-state index contributed by atoms with van der Waals surface area (Å²) in [6.45, 7) is 1.33. The molecule has 0 saturated carbocycles. The summed E-state index contributed by atoms with van der Waals surface area (Å²) < 4.78 is 14.8. The van der Waals surface area contributed by atoms with Crippen molar-refractivity contribution in [3.05, 3.63) is 94.7 Å². The fourth-order valence-corrected chi connectivity index (χ4v) is 3.59. The lowest BCUT2D eigenvalue weighted by Crippen LogP contribution is -2.18. The van der Waals surface area contributed by atoms with Crippen molar-refractivity contribution < 1.29 is 4.39 Å². The summed E-state index contributed by atoms with van der Waals surface area (Å²) >= 11 is 0. The third kappa shape index (κ3) is 3.03. The molecule has 5 nitrogen and oxygen atoms in total. The minimum atomic E-state index is -0.599. The maximum atomic E-state index is 13.2. The second-order valence-corrected chi connectivity index (χ2v) is 7.13. The van der Waals surface area contributed by atoms with Crippen LogP contribution in [-0.2, 0) is 6.67 Å². The maximum Gasteiger partial charge on any atom is 0.255 e. The molecule has 0 saturated heterocycles. The Balaban J connectivity index is 1.85. The van der Waals surface area contributed by atoms with Gasteiger partial charge in [-0.25, -0.2) is 9.37 Å². The molecule has 146 valence electrons. The standard InChI is InChI=1S/C24H17FN4O/c1-15-5-6-17(13-26-15)20-8-9-21-23(28-20)24-18(14-27-21)7-10-22(30)29(24)19-4-2-3-16(11-19)12-25/h2-11,13-14H,12H2,1H3. The Morgan fingerprint density at radius 2 is 1.87 bits per heavy atom. The third-order valence-electron chi connectivity index (χ3n) is 5.09. The van der Waals surface area contributed by atoms with Gasteiger partial charge in [0.15, 0.2) is 0 Å². The van der Waals surface area contributed by atoms with Gasteiger partial charge in [-0.2, -0.15) is 0 Å². The fourth-order valence-electron chi connectivity index (χ4n) is 3.59. The van der Waals surface area contributed by atoms with Crippen molar-refractivity contribution in [2.75, 3.05) is 0 Å². The second kappa shape index (κ2) is 7.15. The summed E-state index contributed by atoms with van der Waals surface area (Å²) in [6, 6.07) is 17.8. The smallest absolute Gasteiger partial charge is 0.255 e. The van der Waals surface area contributed by atoms with Crippen molar-refractivity contribution in [3.63, 3.8) is 0 Å². The fraction of sp³-hybridized carbons (Fsp3) is 0.0833. The van der Waals surface area contributed by atoms with Crippen LogP contribution >= 0.6 is 0 Å². The first kappa shape index (κ1) is 18.1. The van der Waals surface area contributed by atoms with Gasteiger partial charge >= 0.3 is 0 Å². The Bertz CT molecular complexity index is 1460. The van der Waals surface area contributed by atoms with Gasteiger partial charge in [0.05, 0.1) is 16.7 Å². The summed E-state index contributed by atoms with van der Waals surface area (Å²) in [6.07, 6.45) is 3.50. The van der Waals surface area contributed by atoms with E-state index < -0.39 is 6.67 Å². The van der Waals surface area contributed by atoms with Crippen LogP contribution in [0.4, 0.5) is 4.39 Å². The van der Waals surface area contributed by atoms with Crippen molar-refractivity contribution in [3.8, 4) is 16.9 Å². The van der Waals surface area contributed by atoms with Crippen molar-refractivity contribution in [1.82, 2.24) is 19.5 Å². The van der Waals surface area contributed by atoms with E-state index in [2.05, 4.69) is 9.97 Å². The Hall–Kier alpha value is -3.93. The molecule has 0 fully saturated rings. The second-order valence-electron chi connectivity index (χ2n) is 7.13. The van der Waals surface area contributed by atoms with E-state index in [1.165, 1.54) is 6.07 Å². The van der Waals surface area contributed by atoms with Gasteiger partial charge in [-0.15, -0.1) is 0 Å². The predicted molar refractivity (Wildman–Crippen MR) is 115 cm³/mol. The molecule has 0 aliphatic heterocycles. The molecule has 1 aromatic carbocycles. The maximum absolute atomic E-state index is 13.2. The van der Waals surface area contributed by atoms with E-state index in [4.69, 9.17) is 4.98 Å². The van der Waals surface area contributed by atoms with Gasteiger partial charge in [-0.1, -0.05) is 12.1 Å². The first-order valence-corrected chi connectivity index (χ1v) is 9.54. The molecule has 0 bridgehead atoms. The first-order valence-electron chi connectivity index (χ1n) is 9.54. The lowest BCUT2D eigenvalue weighted by Gasteiger charge is -2.13. The summed E-state index contributed by atoms with van der Waals surface area (Å²) in [7, 11) is 0. The molecular weight excluding hydrogens is 379 g/mol. The molecule has 0 aliphatic rings. The van der Waals surface area contributed by atoms with Gasteiger partial charge in [0.2, 0.25) is 0 Å². The van der Waals surface area contributed by atoms with E-state index in [0.29, 0.717) is 27.8 Å². The van der Waals surface area contributed by atoms with Crippen molar-refractivity contribution in [2.45, 2.75) is 13.6 Å². The summed E-state index contributed by atoms with van der Waals surface area (Å²) in [5.74, 6) is 0. The minimum absolute atomic E-state index is 0.213. The number of nitrogens with zero attached hydrogens (tertiary/aromatic N) is 4. The number of pyridine rings is 4. The lowest BCUT2D eigenvalue weighted by molar-refractivity contribution is 0.485. The van der Waals surface area contributed by atoms with Crippen LogP contribution in [0.5, 0.6) is 0 Å². The van der Waals surface area contributed by atoms with Gasteiger partial charge in [0, 0.05) is 40.8 Å². The van der Waals surface area contributed by atoms with E-state index in [0.717, 1.165) is 22.3 Å². The van der Waals surface area contributed by atoms with Crippen LogP contribution < -0.4 is 5.56 Å². The van der Waals surface area contributed by atoms with Crippen LogP contribution in [-0.4, -0.2) is 19.5 Å². The van der Waals surface area contributed by atoms with Gasteiger partial charge in [-0.05, 0) is 55.0 Å². The average Bonchev–Trinajstić information content (AvgIpc) is 2.79. The first-order chi connectivity index (χ1) is 14.6. The highest BCUT2D eigenvalue weighted by atomic mass is 19.1. The molecule has 5 aromatic rings. The van der Waals surface area contributed by atoms with Crippen LogP contribution in [0, 0.1) is 6.92 Å². The highest BCUT2D eigenvalue weighted by Crippen LogP contribution is 2.26. The van der Waals surface area contributed by atoms with E-state index in [1.807, 2.05) is 31.2 Å². The number of rotatable bonds is 3. The van der Waals surface area contributed by atoms with Crippen LogP contribution in [0.25, 0.3) is 38.9 Å². The topological polar surface area (TPSA) is 60.7 Å². The SMILES string of the molecule is Cc1ccc(-c2ccc3ncc4ccc(=O)n(-c5cccc(CF)c5)c4c3n2)cn1. The predicted octanol–water partition coefficient (Wildman–Crippen LogP) is 4.77. The average molecular weight is 396 g/mol. The van der Waals surface area contributed by atoms with Crippen LogP contribution in [0.2, 0.25) is 0 Å². The highest BCUT2D eigenvalue weighted by Gasteiger charge is 2.13. The molecule has 0 radical (unpaired) electrons. The molecule has 4 heterocycles. The summed E-state index contributed by atoms with van der Waals surface area (Å²) in [5.41, 5.74) is 5.36. The zero-order valence-electron chi connectivity index (χ0n) is 16.2. The van der Waals surface area contributed by atoms with E-state index in [-0.39, 0.29) is 5.56 Å². The number of aromatic nitrogens is 4. The Labute approximate surface area is 171 Å². The number of alkyl halides is 1. The molecule has 0 unspecified atom stereocenters. The van der Waals surface area contributed by atoms with Gasteiger partial charge in [0.25, 0.3) is 5.56 Å². The Kier molecular flexibility index (Phi) is 4.32. The summed E-state index contributed by atoms with van der Waals surface area (Å²) in [5, 5.41) is 0.777. The molecule has 4 aromatic heterocycles. The van der Waals surface area contributed by atoms with E-state index >= 15 is 0 Å². The highest BCUT2D eigenvalue weighted by molar-refractivity contribution is 6.02. The van der Waals surface area contributed by atoms with Crippen molar-refractivity contribution >= 4 is 21.9 Å². The summed E-state index contributed by atoms with van der Waals surface area (Å²) in [4.78, 5) is 26.6. The Morgan fingerprint density at radius 3 is 2.67 bits per heavy atom. The molecule has 0 spiro atoms. The van der Waals surface area contributed by atoms with Crippen LogP contribution in [0.3, 0.4) is 0 Å². The largest absolute Gasteiger partial charge is 0.275 e. The van der Waals surface area contributed by atoms with E-state index in [1.54, 1.807) is 47.3 Å². The van der Waals surface area contributed by atoms with E-state index in [9.17, 15) is 9.18 Å². The zero-order valence-corrected chi connectivity index (χ0v) is 16.2. The molecular formula is C24H17FN4O. The Morgan fingerprint density at radius 1 is 0.967 bits per heavy atom. The normalized spacial score (nSPS) is 11.3. The molecule has 30 heavy (non-hydrogen) atoms. The number of hydrogen-bond acceptors (Lipinski definition) is 4. The lowest BCUT2D eigenvalue weighted by atomic mass is 10.1. The molecule has 0 N–H and O–H groups in total. The monoisotopic (exact) mass is 396 g/mol. The zero-order chi connectivity index (χ0) is 20.7. The number of aryl methyl sites for hydroxylation is 1. The number of fused-ring (bicyclic) bond motifs is 3. The quantitative estimate of drug-likeness (QED) is 0.412. The van der Waals surface area contributed by atoms with Crippen molar-refractivity contribution in [1.29, 1.82) is 0 Å². The van der Waals surface area contributed by atoms with Gasteiger partial charge < -0.3 is 0 Å². The number of halogens is 1. The molecule has 0 atom stereocenters. The molecule has 6 heteroatoms. The van der Waals surface area contributed by atoms with Gasteiger partial charge in [-0.3, -0.25) is 19.3 Å². The molecule has 0 aliphatic carbocycles. The van der Waals surface area contributed by atoms with Crippen LogP contribution in [0.15, 0.2) is 77.9 Å². The number of hydrogen-bond donors (Lipinski definition) is 0.